The Morgan fingerprint density at radius 3 is 1.72 bits per heavy atom. The molecule has 4 nitrogen and oxygen atoms in total. The SMILES string of the molecule is c1ccc(-c2cccc(N(c3ccc(-c4ccc5c(c4)oc4cc6oc(-c7ccccc7)nc6cc45)cc3)c3ccc(-c4cccc5ccccc45)cc3)c2)cc1. The van der Waals surface area contributed by atoms with E-state index in [1.54, 1.807) is 0 Å². The lowest BCUT2D eigenvalue weighted by molar-refractivity contribution is 0.617. The maximum absolute atomic E-state index is 6.43. The average molecular weight is 731 g/mol. The fourth-order valence-electron chi connectivity index (χ4n) is 8.05. The molecule has 11 aromatic rings. The molecule has 2 aromatic heterocycles. The van der Waals surface area contributed by atoms with Crippen molar-refractivity contribution in [2.24, 2.45) is 0 Å². The van der Waals surface area contributed by atoms with E-state index < -0.39 is 0 Å². The van der Waals surface area contributed by atoms with E-state index in [0.717, 1.165) is 61.2 Å². The molecule has 0 radical (unpaired) electrons. The summed E-state index contributed by atoms with van der Waals surface area (Å²) in [6, 6.07) is 72.6. The van der Waals surface area contributed by atoms with Crippen LogP contribution in [-0.4, -0.2) is 4.98 Å². The third-order valence-corrected chi connectivity index (χ3v) is 10.9. The molecule has 0 fully saturated rings. The molecule has 0 amide bonds. The first-order chi connectivity index (χ1) is 28.2. The lowest BCUT2D eigenvalue weighted by atomic mass is 9.98. The number of rotatable bonds is 7. The summed E-state index contributed by atoms with van der Waals surface area (Å²) in [6.07, 6.45) is 0. The van der Waals surface area contributed by atoms with E-state index >= 15 is 0 Å². The van der Waals surface area contributed by atoms with Gasteiger partial charge in [-0.2, -0.15) is 0 Å². The molecule has 2 heterocycles. The highest BCUT2D eigenvalue weighted by atomic mass is 16.4. The Morgan fingerprint density at radius 2 is 0.930 bits per heavy atom. The summed E-state index contributed by atoms with van der Waals surface area (Å²) >= 11 is 0. The molecule has 0 bridgehead atoms. The highest BCUT2D eigenvalue weighted by Crippen LogP contribution is 2.40. The predicted molar refractivity (Wildman–Crippen MR) is 235 cm³/mol. The first-order valence-corrected chi connectivity index (χ1v) is 19.2. The predicted octanol–water partition coefficient (Wildman–Crippen LogP) is 15.0. The van der Waals surface area contributed by atoms with Gasteiger partial charge >= 0.3 is 0 Å². The Balaban J connectivity index is 0.952. The Labute approximate surface area is 329 Å². The lowest BCUT2D eigenvalue weighted by Crippen LogP contribution is -2.10. The van der Waals surface area contributed by atoms with Gasteiger partial charge in [0.1, 0.15) is 16.7 Å². The molecule has 0 spiro atoms. The molecular weight excluding hydrogens is 697 g/mol. The van der Waals surface area contributed by atoms with Crippen LogP contribution < -0.4 is 4.90 Å². The van der Waals surface area contributed by atoms with Crippen LogP contribution >= 0.6 is 0 Å². The minimum absolute atomic E-state index is 0.605. The van der Waals surface area contributed by atoms with Crippen LogP contribution in [0.1, 0.15) is 0 Å². The van der Waals surface area contributed by atoms with Gasteiger partial charge in [-0.05, 0) is 111 Å². The summed E-state index contributed by atoms with van der Waals surface area (Å²) in [5.41, 5.74) is 14.3. The molecule has 0 aliphatic rings. The number of anilines is 3. The zero-order valence-corrected chi connectivity index (χ0v) is 30.8. The number of oxazole rings is 1. The van der Waals surface area contributed by atoms with Crippen LogP contribution in [0, 0.1) is 0 Å². The van der Waals surface area contributed by atoms with Crippen LogP contribution in [0.15, 0.2) is 215 Å². The Hall–Kier alpha value is -7.69. The van der Waals surface area contributed by atoms with Gasteiger partial charge in [-0.3, -0.25) is 0 Å². The first-order valence-electron chi connectivity index (χ1n) is 19.2. The number of fused-ring (bicyclic) bond motifs is 5. The second-order valence-corrected chi connectivity index (χ2v) is 14.4. The average Bonchev–Trinajstić information content (AvgIpc) is 3.87. The zero-order valence-electron chi connectivity index (χ0n) is 30.8. The summed E-state index contributed by atoms with van der Waals surface area (Å²) in [5.74, 6) is 0.605. The molecule has 0 aliphatic heterocycles. The minimum atomic E-state index is 0.605. The third kappa shape index (κ3) is 5.92. The highest BCUT2D eigenvalue weighted by Gasteiger charge is 2.17. The van der Waals surface area contributed by atoms with Crippen LogP contribution in [0.4, 0.5) is 17.1 Å². The maximum atomic E-state index is 6.43. The quantitative estimate of drug-likeness (QED) is 0.164. The van der Waals surface area contributed by atoms with Gasteiger partial charge in [0.05, 0.1) is 0 Å². The largest absolute Gasteiger partial charge is 0.456 e. The van der Waals surface area contributed by atoms with E-state index in [-0.39, 0.29) is 0 Å². The van der Waals surface area contributed by atoms with Gasteiger partial charge < -0.3 is 13.7 Å². The van der Waals surface area contributed by atoms with E-state index in [1.165, 1.54) is 33.0 Å². The number of hydrogen-bond acceptors (Lipinski definition) is 4. The van der Waals surface area contributed by atoms with Gasteiger partial charge in [-0.15, -0.1) is 0 Å². The van der Waals surface area contributed by atoms with E-state index in [1.807, 2.05) is 36.4 Å². The Morgan fingerprint density at radius 1 is 0.333 bits per heavy atom. The van der Waals surface area contributed by atoms with Gasteiger partial charge in [0, 0.05) is 39.5 Å². The minimum Gasteiger partial charge on any atom is -0.456 e. The fourth-order valence-corrected chi connectivity index (χ4v) is 8.05. The number of benzene rings is 9. The Kier molecular flexibility index (Phi) is 7.78. The molecule has 0 N–H and O–H groups in total. The van der Waals surface area contributed by atoms with Crippen molar-refractivity contribution in [1.29, 1.82) is 0 Å². The molecule has 0 unspecified atom stereocenters. The molecule has 0 saturated heterocycles. The molecule has 4 heteroatoms. The molecule has 9 aromatic carbocycles. The van der Waals surface area contributed by atoms with E-state index in [4.69, 9.17) is 13.8 Å². The second kappa shape index (κ2) is 13.6. The van der Waals surface area contributed by atoms with Crippen LogP contribution in [0.2, 0.25) is 0 Å². The number of aromatic nitrogens is 1. The van der Waals surface area contributed by atoms with Gasteiger partial charge in [-0.1, -0.05) is 133 Å². The molecule has 0 saturated carbocycles. The lowest BCUT2D eigenvalue weighted by Gasteiger charge is -2.26. The van der Waals surface area contributed by atoms with Crippen LogP contribution in [-0.2, 0) is 0 Å². The van der Waals surface area contributed by atoms with E-state index in [0.29, 0.717) is 11.5 Å². The summed E-state index contributed by atoms with van der Waals surface area (Å²) in [4.78, 5) is 7.12. The maximum Gasteiger partial charge on any atom is 0.227 e. The summed E-state index contributed by atoms with van der Waals surface area (Å²) < 4.78 is 12.6. The van der Waals surface area contributed by atoms with Crippen molar-refractivity contribution in [2.45, 2.75) is 0 Å². The van der Waals surface area contributed by atoms with E-state index in [9.17, 15) is 0 Å². The standard InChI is InChI=1S/C53H34N2O2/c1-3-11-35(12-4-1)40-17-9-18-44(31-40)55(43-28-23-38(24-29-43)46-20-10-16-37-13-7-8-19-45(37)46)42-26-21-36(22-27-42)41-25-30-47-48-33-49-52(34-51(48)56-50(47)32-41)57-53(54-49)39-14-5-2-6-15-39/h1-34H. The van der Waals surface area contributed by atoms with Gasteiger partial charge in [0.25, 0.3) is 0 Å². The fraction of sp³-hybridized carbons (Fsp3) is 0. The third-order valence-electron chi connectivity index (χ3n) is 10.9. The molecule has 0 atom stereocenters. The molecular formula is C53H34N2O2. The van der Waals surface area contributed by atoms with Gasteiger partial charge in [0.2, 0.25) is 5.89 Å². The van der Waals surface area contributed by atoms with Crippen molar-refractivity contribution >= 4 is 60.9 Å². The molecule has 268 valence electrons. The first kappa shape index (κ1) is 32.7. The number of furan rings is 1. The normalized spacial score (nSPS) is 11.5. The topological polar surface area (TPSA) is 42.4 Å². The van der Waals surface area contributed by atoms with E-state index in [2.05, 4.69) is 175 Å². The summed E-state index contributed by atoms with van der Waals surface area (Å²) in [5, 5.41) is 4.56. The van der Waals surface area contributed by atoms with Gasteiger partial charge in [0.15, 0.2) is 5.58 Å². The number of nitrogens with zero attached hydrogens (tertiary/aromatic N) is 2. The zero-order chi connectivity index (χ0) is 37.7. The van der Waals surface area contributed by atoms with Crippen molar-refractivity contribution in [3.8, 4) is 44.8 Å². The Bertz CT molecular complexity index is 3210. The highest BCUT2D eigenvalue weighted by molar-refractivity contribution is 6.09. The molecule has 11 rings (SSSR count). The summed E-state index contributed by atoms with van der Waals surface area (Å²) in [6.45, 7) is 0. The number of hydrogen-bond donors (Lipinski definition) is 0. The molecule has 57 heavy (non-hydrogen) atoms. The van der Waals surface area contributed by atoms with Gasteiger partial charge in [-0.25, -0.2) is 4.98 Å². The van der Waals surface area contributed by atoms with Crippen molar-refractivity contribution in [3.63, 3.8) is 0 Å². The van der Waals surface area contributed by atoms with Crippen molar-refractivity contribution in [3.05, 3.63) is 206 Å². The van der Waals surface area contributed by atoms with Crippen molar-refractivity contribution in [2.75, 3.05) is 4.90 Å². The summed E-state index contributed by atoms with van der Waals surface area (Å²) in [7, 11) is 0. The van der Waals surface area contributed by atoms with Crippen LogP contribution in [0.25, 0.3) is 88.6 Å². The van der Waals surface area contributed by atoms with Crippen LogP contribution in [0.5, 0.6) is 0 Å². The van der Waals surface area contributed by atoms with Crippen molar-refractivity contribution < 1.29 is 8.83 Å². The smallest absolute Gasteiger partial charge is 0.227 e. The van der Waals surface area contributed by atoms with Crippen LogP contribution in [0.3, 0.4) is 0 Å². The monoisotopic (exact) mass is 730 g/mol. The second-order valence-electron chi connectivity index (χ2n) is 14.4. The molecule has 0 aliphatic carbocycles. The van der Waals surface area contributed by atoms with Crippen molar-refractivity contribution in [1.82, 2.24) is 4.98 Å².